The van der Waals surface area contributed by atoms with Gasteiger partial charge in [0.05, 0.1) is 5.52 Å². The summed E-state index contributed by atoms with van der Waals surface area (Å²) < 4.78 is 0. The third-order valence-electron chi connectivity index (χ3n) is 4.76. The zero-order chi connectivity index (χ0) is 13.7. The lowest BCUT2D eigenvalue weighted by Gasteiger charge is -2.21. The third-order valence-corrected chi connectivity index (χ3v) is 4.95. The first-order valence-corrected chi connectivity index (χ1v) is 7.52. The molecule has 0 bridgehead atoms. The highest BCUT2D eigenvalue weighted by Crippen LogP contribution is 2.40. The Morgan fingerprint density at radius 1 is 1.30 bits per heavy atom. The molecule has 20 heavy (non-hydrogen) atoms. The minimum atomic E-state index is 0.341. The van der Waals surface area contributed by atoms with Crippen LogP contribution in [0.5, 0.6) is 0 Å². The van der Waals surface area contributed by atoms with Gasteiger partial charge in [-0.05, 0) is 36.8 Å². The van der Waals surface area contributed by atoms with Crippen LogP contribution in [0, 0.1) is 11.8 Å². The Labute approximate surface area is 122 Å². The lowest BCUT2D eigenvalue weighted by molar-refractivity contribution is 0.453. The van der Waals surface area contributed by atoms with Crippen molar-refractivity contribution in [2.24, 2.45) is 17.6 Å². The first-order valence-electron chi connectivity index (χ1n) is 7.14. The summed E-state index contributed by atoms with van der Waals surface area (Å²) >= 11 is 6.15. The second-order valence-electron chi connectivity index (χ2n) is 5.91. The first-order chi connectivity index (χ1) is 9.72. The highest BCUT2D eigenvalue weighted by molar-refractivity contribution is 6.30. The third kappa shape index (κ3) is 1.86. The van der Waals surface area contributed by atoms with E-state index in [1.54, 1.807) is 6.20 Å². The molecule has 4 nitrogen and oxygen atoms in total. The van der Waals surface area contributed by atoms with Crippen LogP contribution in [-0.4, -0.2) is 29.1 Å². The number of halogens is 1. The molecule has 1 aliphatic carbocycles. The van der Waals surface area contributed by atoms with Crippen molar-refractivity contribution >= 4 is 28.3 Å². The van der Waals surface area contributed by atoms with E-state index in [1.807, 2.05) is 12.1 Å². The average molecular weight is 289 g/mol. The molecule has 0 aromatic carbocycles. The van der Waals surface area contributed by atoms with E-state index in [0.29, 0.717) is 23.0 Å². The molecule has 2 aromatic rings. The SMILES string of the molecule is NC1CCC2CN(c3nc(Cl)cc4ncccc34)CC12. The van der Waals surface area contributed by atoms with E-state index in [1.165, 1.54) is 6.42 Å². The lowest BCUT2D eigenvalue weighted by Crippen LogP contribution is -2.30. The van der Waals surface area contributed by atoms with E-state index in [2.05, 4.69) is 20.9 Å². The van der Waals surface area contributed by atoms with Crippen molar-refractivity contribution in [3.05, 3.63) is 29.5 Å². The van der Waals surface area contributed by atoms with Crippen molar-refractivity contribution in [3.63, 3.8) is 0 Å². The van der Waals surface area contributed by atoms with Gasteiger partial charge in [0, 0.05) is 36.8 Å². The quantitative estimate of drug-likeness (QED) is 0.819. The van der Waals surface area contributed by atoms with Gasteiger partial charge in [0.15, 0.2) is 0 Å². The van der Waals surface area contributed by atoms with Crippen molar-refractivity contribution in [1.29, 1.82) is 0 Å². The maximum Gasteiger partial charge on any atom is 0.139 e. The van der Waals surface area contributed by atoms with Crippen molar-refractivity contribution in [2.75, 3.05) is 18.0 Å². The molecule has 2 N–H and O–H groups in total. The van der Waals surface area contributed by atoms with Crippen LogP contribution in [0.2, 0.25) is 5.15 Å². The Balaban J connectivity index is 1.76. The van der Waals surface area contributed by atoms with Crippen LogP contribution in [0.4, 0.5) is 5.82 Å². The number of aromatic nitrogens is 2. The number of hydrogen-bond acceptors (Lipinski definition) is 4. The lowest BCUT2D eigenvalue weighted by atomic mass is 9.98. The van der Waals surface area contributed by atoms with Crippen LogP contribution in [0.15, 0.2) is 24.4 Å². The summed E-state index contributed by atoms with van der Waals surface area (Å²) in [5.74, 6) is 2.27. The summed E-state index contributed by atoms with van der Waals surface area (Å²) in [7, 11) is 0. The zero-order valence-electron chi connectivity index (χ0n) is 11.2. The van der Waals surface area contributed by atoms with Crippen molar-refractivity contribution < 1.29 is 0 Å². The molecule has 1 saturated heterocycles. The maximum absolute atomic E-state index is 6.22. The molecule has 5 heteroatoms. The first kappa shape index (κ1) is 12.4. The van der Waals surface area contributed by atoms with Gasteiger partial charge in [0.2, 0.25) is 0 Å². The second-order valence-corrected chi connectivity index (χ2v) is 6.30. The average Bonchev–Trinajstić information content (AvgIpc) is 3.00. The highest BCUT2D eigenvalue weighted by atomic mass is 35.5. The van der Waals surface area contributed by atoms with Gasteiger partial charge >= 0.3 is 0 Å². The standard InChI is InChI=1S/C15H17ClN4/c16-14-6-13-10(2-1-5-18-13)15(19-14)20-7-9-3-4-12(17)11(9)8-20/h1-2,5-6,9,11-12H,3-4,7-8,17H2. The predicted octanol–water partition coefficient (Wildman–Crippen LogP) is 2.46. The number of fused-ring (bicyclic) bond motifs is 2. The van der Waals surface area contributed by atoms with Gasteiger partial charge in [-0.1, -0.05) is 11.6 Å². The molecular formula is C15H17ClN4. The van der Waals surface area contributed by atoms with Gasteiger partial charge in [-0.2, -0.15) is 0 Å². The minimum Gasteiger partial charge on any atom is -0.355 e. The van der Waals surface area contributed by atoms with E-state index in [-0.39, 0.29) is 0 Å². The molecule has 104 valence electrons. The van der Waals surface area contributed by atoms with Crippen LogP contribution < -0.4 is 10.6 Å². The second kappa shape index (κ2) is 4.57. The fourth-order valence-corrected chi connectivity index (χ4v) is 3.93. The molecule has 1 aliphatic heterocycles. The number of anilines is 1. The molecule has 3 heterocycles. The van der Waals surface area contributed by atoms with Crippen LogP contribution in [0.3, 0.4) is 0 Å². The van der Waals surface area contributed by atoms with Gasteiger partial charge in [0.1, 0.15) is 11.0 Å². The molecular weight excluding hydrogens is 272 g/mol. The molecule has 0 spiro atoms. The fourth-order valence-electron chi connectivity index (χ4n) is 3.75. The Hall–Kier alpha value is -1.39. The molecule has 2 aliphatic rings. The summed E-state index contributed by atoms with van der Waals surface area (Å²) in [5.41, 5.74) is 7.12. The number of nitrogens with two attached hydrogens (primary N) is 1. The maximum atomic E-state index is 6.22. The Kier molecular flexibility index (Phi) is 2.82. The van der Waals surface area contributed by atoms with Gasteiger partial charge < -0.3 is 10.6 Å². The van der Waals surface area contributed by atoms with E-state index < -0.39 is 0 Å². The molecule has 1 saturated carbocycles. The Morgan fingerprint density at radius 2 is 2.20 bits per heavy atom. The molecule has 4 rings (SSSR count). The number of rotatable bonds is 1. The molecule has 3 atom stereocenters. The smallest absolute Gasteiger partial charge is 0.139 e. The van der Waals surface area contributed by atoms with Crippen LogP contribution >= 0.6 is 11.6 Å². The Morgan fingerprint density at radius 3 is 3.05 bits per heavy atom. The predicted molar refractivity (Wildman–Crippen MR) is 81.0 cm³/mol. The molecule has 0 amide bonds. The monoisotopic (exact) mass is 288 g/mol. The molecule has 0 radical (unpaired) electrons. The number of hydrogen-bond donors (Lipinski definition) is 1. The molecule has 2 aromatic heterocycles. The highest BCUT2D eigenvalue weighted by Gasteiger charge is 2.41. The van der Waals surface area contributed by atoms with Gasteiger partial charge in [-0.3, -0.25) is 4.98 Å². The summed E-state index contributed by atoms with van der Waals surface area (Å²) in [6.45, 7) is 2.03. The molecule has 2 fully saturated rings. The summed E-state index contributed by atoms with van der Waals surface area (Å²) in [5, 5.41) is 1.58. The largest absolute Gasteiger partial charge is 0.355 e. The van der Waals surface area contributed by atoms with E-state index >= 15 is 0 Å². The summed E-state index contributed by atoms with van der Waals surface area (Å²) in [4.78, 5) is 11.3. The van der Waals surface area contributed by atoms with E-state index in [4.69, 9.17) is 17.3 Å². The van der Waals surface area contributed by atoms with Gasteiger partial charge in [-0.15, -0.1) is 0 Å². The van der Waals surface area contributed by atoms with Crippen LogP contribution in [0.25, 0.3) is 10.9 Å². The van der Waals surface area contributed by atoms with Gasteiger partial charge in [0.25, 0.3) is 0 Å². The number of pyridine rings is 2. The summed E-state index contributed by atoms with van der Waals surface area (Å²) in [6, 6.07) is 6.18. The van der Waals surface area contributed by atoms with E-state index in [9.17, 15) is 0 Å². The van der Waals surface area contributed by atoms with E-state index in [0.717, 1.165) is 36.2 Å². The minimum absolute atomic E-state index is 0.341. The van der Waals surface area contributed by atoms with Gasteiger partial charge in [-0.25, -0.2) is 4.98 Å². The normalized spacial score (nSPS) is 29.1. The topological polar surface area (TPSA) is 55.0 Å². The van der Waals surface area contributed by atoms with Crippen molar-refractivity contribution in [3.8, 4) is 0 Å². The van der Waals surface area contributed by atoms with Crippen molar-refractivity contribution in [2.45, 2.75) is 18.9 Å². The Bertz CT molecular complexity index is 659. The summed E-state index contributed by atoms with van der Waals surface area (Å²) in [6.07, 6.45) is 4.19. The molecule has 3 unspecified atom stereocenters. The zero-order valence-corrected chi connectivity index (χ0v) is 11.9. The van der Waals surface area contributed by atoms with Crippen LogP contribution in [-0.2, 0) is 0 Å². The van der Waals surface area contributed by atoms with Crippen LogP contribution in [0.1, 0.15) is 12.8 Å². The van der Waals surface area contributed by atoms with Crippen molar-refractivity contribution in [1.82, 2.24) is 9.97 Å². The number of nitrogens with zero attached hydrogens (tertiary/aromatic N) is 3. The fraction of sp³-hybridized carbons (Fsp3) is 0.467.